The highest BCUT2D eigenvalue weighted by Gasteiger charge is 2.34. The Morgan fingerprint density at radius 1 is 1.13 bits per heavy atom. The molecule has 1 fully saturated rings. The molecule has 0 spiro atoms. The van der Waals surface area contributed by atoms with E-state index in [4.69, 9.17) is 0 Å². The summed E-state index contributed by atoms with van der Waals surface area (Å²) in [6.07, 6.45) is -2.13. The van der Waals surface area contributed by atoms with Crippen LogP contribution >= 0.6 is 0 Å². The van der Waals surface area contributed by atoms with Gasteiger partial charge in [0, 0.05) is 49.3 Å². The van der Waals surface area contributed by atoms with Gasteiger partial charge in [-0.2, -0.15) is 13.2 Å². The van der Waals surface area contributed by atoms with Gasteiger partial charge in [0.25, 0.3) is 0 Å². The molecule has 0 saturated carbocycles. The average Bonchev–Trinajstić information content (AvgIpc) is 3.21. The van der Waals surface area contributed by atoms with E-state index >= 15 is 0 Å². The van der Waals surface area contributed by atoms with Crippen molar-refractivity contribution in [1.29, 1.82) is 0 Å². The minimum Gasteiger partial charge on any atom is -0.368 e. The number of hydrogen-bond donors (Lipinski definition) is 1. The van der Waals surface area contributed by atoms with Crippen LogP contribution in [0.2, 0.25) is 0 Å². The van der Waals surface area contributed by atoms with Gasteiger partial charge in [-0.25, -0.2) is 14.4 Å². The van der Waals surface area contributed by atoms with Gasteiger partial charge in [-0.3, -0.25) is 0 Å². The molecule has 0 aliphatic carbocycles. The van der Waals surface area contributed by atoms with Crippen LogP contribution in [0.15, 0.2) is 42.7 Å². The number of alkyl halides is 3. The number of nitrogens with one attached hydrogen (secondary N) is 1. The lowest BCUT2D eigenvalue weighted by atomic mass is 10.1. The van der Waals surface area contributed by atoms with E-state index in [2.05, 4.69) is 31.7 Å². The first kappa shape index (κ1) is 20.2. The van der Waals surface area contributed by atoms with Gasteiger partial charge in [0.2, 0.25) is 0 Å². The highest BCUT2D eigenvalue weighted by molar-refractivity contribution is 5.58. The third-order valence-corrected chi connectivity index (χ3v) is 5.33. The number of anilines is 2. The van der Waals surface area contributed by atoms with Crippen LogP contribution in [0.3, 0.4) is 0 Å². The zero-order chi connectivity index (χ0) is 21.5. The molecule has 1 aliphatic rings. The minimum atomic E-state index is -4.49. The Morgan fingerprint density at radius 3 is 2.53 bits per heavy atom. The second-order valence-electron chi connectivity index (χ2n) is 7.46. The van der Waals surface area contributed by atoms with E-state index < -0.39 is 11.9 Å². The first-order valence-corrected chi connectivity index (χ1v) is 9.59. The van der Waals surface area contributed by atoms with Gasteiger partial charge in [-0.1, -0.05) is 6.07 Å². The zero-order valence-electron chi connectivity index (χ0n) is 16.5. The Balaban J connectivity index is 1.46. The largest absolute Gasteiger partial charge is 0.434 e. The smallest absolute Gasteiger partial charge is 0.368 e. The second kappa shape index (κ2) is 7.62. The monoisotopic (exact) mass is 419 g/mol. The Labute approximate surface area is 171 Å². The third-order valence-electron chi connectivity index (χ3n) is 5.33. The summed E-state index contributed by atoms with van der Waals surface area (Å²) >= 11 is 0. The lowest BCUT2D eigenvalue weighted by molar-refractivity contribution is -0.140. The molecule has 0 unspecified atom stereocenters. The molecule has 3 aromatic rings. The maximum absolute atomic E-state index is 13.9. The molecular weight excluding hydrogens is 398 g/mol. The maximum atomic E-state index is 13.9. The Kier molecular flexibility index (Phi) is 5.13. The van der Waals surface area contributed by atoms with E-state index in [9.17, 15) is 17.6 Å². The minimum absolute atomic E-state index is 0.126. The molecule has 0 radical (unpaired) electrons. The van der Waals surface area contributed by atoms with Crippen LogP contribution in [0.5, 0.6) is 0 Å². The van der Waals surface area contributed by atoms with Crippen LogP contribution in [0.25, 0.3) is 11.4 Å². The van der Waals surface area contributed by atoms with E-state index in [1.54, 1.807) is 31.2 Å². The zero-order valence-corrected chi connectivity index (χ0v) is 16.5. The molecule has 1 aromatic carbocycles. The molecule has 2 aromatic heterocycles. The van der Waals surface area contributed by atoms with Crippen LogP contribution in [0.4, 0.5) is 29.1 Å². The number of aromatic nitrogens is 3. The summed E-state index contributed by atoms with van der Waals surface area (Å²) in [5.41, 5.74) is 0.995. The average molecular weight is 419 g/mol. The van der Waals surface area contributed by atoms with Crippen molar-refractivity contribution in [2.45, 2.75) is 26.1 Å². The summed E-state index contributed by atoms with van der Waals surface area (Å²) < 4.78 is 52.1. The quantitative estimate of drug-likeness (QED) is 0.628. The molecule has 1 N–H and O–H groups in total. The number of H-pyrrole nitrogens is 1. The van der Waals surface area contributed by atoms with Crippen molar-refractivity contribution < 1.29 is 17.6 Å². The third kappa shape index (κ3) is 3.96. The predicted octanol–water partition coefficient (Wildman–Crippen LogP) is 4.65. The molecule has 4 rings (SSSR count). The first-order chi connectivity index (χ1) is 14.2. The molecule has 5 nitrogen and oxygen atoms in total. The molecule has 9 heteroatoms. The van der Waals surface area contributed by atoms with Gasteiger partial charge in [-0.05, 0) is 43.7 Å². The van der Waals surface area contributed by atoms with E-state index in [1.165, 1.54) is 6.20 Å². The Morgan fingerprint density at radius 2 is 1.93 bits per heavy atom. The van der Waals surface area contributed by atoms with Crippen molar-refractivity contribution in [3.05, 3.63) is 59.8 Å². The summed E-state index contributed by atoms with van der Waals surface area (Å²) in [7, 11) is 0. The number of halogens is 4. The predicted molar refractivity (Wildman–Crippen MR) is 107 cm³/mol. The summed E-state index contributed by atoms with van der Waals surface area (Å²) in [5.74, 6) is 0.649. The van der Waals surface area contributed by atoms with Crippen LogP contribution in [0, 0.1) is 12.7 Å². The number of imidazole rings is 1. The summed E-state index contributed by atoms with van der Waals surface area (Å²) in [5, 5.41) is 0. The highest BCUT2D eigenvalue weighted by atomic mass is 19.4. The summed E-state index contributed by atoms with van der Waals surface area (Å²) in [6, 6.07) is 8.87. The fourth-order valence-electron chi connectivity index (χ4n) is 3.62. The lowest BCUT2D eigenvalue weighted by Gasteiger charge is -2.41. The van der Waals surface area contributed by atoms with Crippen molar-refractivity contribution in [3.8, 4) is 11.4 Å². The topological polar surface area (TPSA) is 48.0 Å². The number of benzene rings is 1. The number of nitrogens with zero attached hydrogens (tertiary/aromatic N) is 4. The number of piperazine rings is 1. The molecule has 3 heterocycles. The number of pyridine rings is 1. The van der Waals surface area contributed by atoms with E-state index in [1.807, 2.05) is 6.07 Å². The van der Waals surface area contributed by atoms with E-state index in [0.717, 1.165) is 17.7 Å². The molecule has 0 bridgehead atoms. The number of hydrogen-bond acceptors (Lipinski definition) is 4. The second-order valence-corrected chi connectivity index (χ2v) is 7.46. The molecule has 1 atom stereocenters. The molecular formula is C21H21F4N5. The molecule has 1 saturated heterocycles. The Hall–Kier alpha value is -3.10. The van der Waals surface area contributed by atoms with Crippen LogP contribution < -0.4 is 9.80 Å². The van der Waals surface area contributed by atoms with Crippen molar-refractivity contribution in [2.75, 3.05) is 29.4 Å². The van der Waals surface area contributed by atoms with Gasteiger partial charge in [0.1, 0.15) is 17.5 Å². The standard InChI is InChI=1S/C21H21F4N5/c1-13-3-5-16(9-17(13)22)29-7-8-30(14(2)12-29)19-6-4-15(10-26-19)20-27-11-18(28-20)21(23,24)25/h3-6,9-11,14H,7-8,12H2,1-2H3,(H,27,28)/t14-/m0/s1. The van der Waals surface area contributed by atoms with Gasteiger partial charge in [-0.15, -0.1) is 0 Å². The van der Waals surface area contributed by atoms with E-state index in [-0.39, 0.29) is 17.7 Å². The number of aryl methyl sites for hydroxylation is 1. The molecule has 0 amide bonds. The first-order valence-electron chi connectivity index (χ1n) is 9.59. The maximum Gasteiger partial charge on any atom is 0.434 e. The van der Waals surface area contributed by atoms with Gasteiger partial charge in [0.15, 0.2) is 5.69 Å². The lowest BCUT2D eigenvalue weighted by Crippen LogP contribution is -2.52. The van der Waals surface area contributed by atoms with Crippen molar-refractivity contribution in [1.82, 2.24) is 15.0 Å². The van der Waals surface area contributed by atoms with Crippen molar-refractivity contribution in [2.24, 2.45) is 0 Å². The number of rotatable bonds is 3. The fraction of sp³-hybridized carbons (Fsp3) is 0.333. The van der Waals surface area contributed by atoms with Crippen LogP contribution in [-0.2, 0) is 6.18 Å². The normalized spacial score (nSPS) is 17.5. The summed E-state index contributed by atoms with van der Waals surface area (Å²) in [4.78, 5) is 14.8. The molecule has 30 heavy (non-hydrogen) atoms. The van der Waals surface area contributed by atoms with Gasteiger partial charge < -0.3 is 14.8 Å². The van der Waals surface area contributed by atoms with Crippen molar-refractivity contribution in [3.63, 3.8) is 0 Å². The number of aromatic amines is 1. The van der Waals surface area contributed by atoms with Crippen molar-refractivity contribution >= 4 is 11.5 Å². The highest BCUT2D eigenvalue weighted by Crippen LogP contribution is 2.30. The Bertz CT molecular complexity index is 1030. The fourth-order valence-corrected chi connectivity index (χ4v) is 3.62. The molecule has 158 valence electrons. The van der Waals surface area contributed by atoms with Gasteiger partial charge >= 0.3 is 6.18 Å². The SMILES string of the molecule is Cc1ccc(N2CCN(c3ccc(-c4nc(C(F)(F)F)c[nH]4)cn3)[C@@H](C)C2)cc1F. The van der Waals surface area contributed by atoms with Crippen LogP contribution in [-0.4, -0.2) is 40.6 Å². The van der Waals surface area contributed by atoms with E-state index in [0.29, 0.717) is 30.8 Å². The molecule has 1 aliphatic heterocycles. The van der Waals surface area contributed by atoms with Crippen LogP contribution in [0.1, 0.15) is 18.2 Å². The summed E-state index contributed by atoms with van der Waals surface area (Å²) in [6.45, 7) is 5.92. The van der Waals surface area contributed by atoms with Gasteiger partial charge in [0.05, 0.1) is 0 Å².